The van der Waals surface area contributed by atoms with Gasteiger partial charge in [0.2, 0.25) is 0 Å². The van der Waals surface area contributed by atoms with Crippen LogP contribution in [0.25, 0.3) is 0 Å². The van der Waals surface area contributed by atoms with Crippen molar-refractivity contribution in [3.8, 4) is 17.2 Å². The number of methoxy groups -OCH3 is 2. The van der Waals surface area contributed by atoms with Crippen LogP contribution >= 0.6 is 0 Å². The largest absolute Gasteiger partial charge is 0.497 e. The Balaban J connectivity index is 2.09. The molecular weight excluding hydrogens is 360 g/mol. The van der Waals surface area contributed by atoms with Crippen molar-refractivity contribution in [2.24, 2.45) is 0 Å². The van der Waals surface area contributed by atoms with Gasteiger partial charge in [-0.2, -0.15) is 0 Å². The van der Waals surface area contributed by atoms with Crippen molar-refractivity contribution >= 4 is 17.3 Å². The fourth-order valence-electron chi connectivity index (χ4n) is 3.13. The molecule has 0 unspecified atom stereocenters. The molecule has 2 aromatic rings. The molecule has 0 heterocycles. The number of hydrogen-bond donors (Lipinski definition) is 0. The Hall–Kier alpha value is -3.41. The minimum atomic E-state index is -0.395. The van der Waals surface area contributed by atoms with Crippen LogP contribution in [0.4, 0.5) is 0 Å². The van der Waals surface area contributed by atoms with Crippen LogP contribution in [0.5, 0.6) is 17.2 Å². The normalized spacial score (nSPS) is 13.2. The highest BCUT2D eigenvalue weighted by molar-refractivity contribution is 6.29. The first-order valence-corrected chi connectivity index (χ1v) is 8.71. The summed E-state index contributed by atoms with van der Waals surface area (Å²) in [5.41, 5.74) is 0.643. The highest BCUT2D eigenvalue weighted by Gasteiger charge is 2.36. The average molecular weight is 380 g/mol. The van der Waals surface area contributed by atoms with E-state index in [1.54, 1.807) is 30.3 Å². The van der Waals surface area contributed by atoms with Gasteiger partial charge in [0.15, 0.2) is 11.6 Å². The summed E-state index contributed by atoms with van der Waals surface area (Å²) in [7, 11) is 2.88. The number of fused-ring (bicyclic) bond motifs is 1. The second kappa shape index (κ2) is 8.08. The van der Waals surface area contributed by atoms with Crippen LogP contribution in [-0.2, 0) is 4.79 Å². The number of Topliss-reactive ketones (excluding diaryl/α,β-unsaturated/α-hetero) is 3. The van der Waals surface area contributed by atoms with E-state index in [0.717, 1.165) is 0 Å². The first-order chi connectivity index (χ1) is 13.5. The molecule has 0 bridgehead atoms. The van der Waals surface area contributed by atoms with E-state index in [4.69, 9.17) is 14.2 Å². The maximum atomic E-state index is 13.2. The molecule has 0 radical (unpaired) electrons. The average Bonchev–Trinajstić information content (AvgIpc) is 2.70. The molecule has 0 atom stereocenters. The van der Waals surface area contributed by atoms with E-state index in [-0.39, 0.29) is 52.6 Å². The molecule has 144 valence electrons. The van der Waals surface area contributed by atoms with Crippen LogP contribution in [0.15, 0.2) is 53.6 Å². The predicted molar refractivity (Wildman–Crippen MR) is 102 cm³/mol. The summed E-state index contributed by atoms with van der Waals surface area (Å²) >= 11 is 0. The lowest BCUT2D eigenvalue weighted by Gasteiger charge is -2.23. The molecule has 0 saturated heterocycles. The SMILES string of the molecule is COc1cc(OC)c2c(c1)C(=O)C(CC(C)=O)=C(COc1ccccc1)C2=O. The van der Waals surface area contributed by atoms with Gasteiger partial charge in [-0.1, -0.05) is 18.2 Å². The zero-order valence-electron chi connectivity index (χ0n) is 15.9. The molecular formula is C22H20O6. The summed E-state index contributed by atoms with van der Waals surface area (Å²) in [5.74, 6) is 0.196. The Kier molecular flexibility index (Phi) is 5.59. The monoisotopic (exact) mass is 380 g/mol. The van der Waals surface area contributed by atoms with E-state index in [9.17, 15) is 14.4 Å². The Labute approximate surface area is 162 Å². The lowest BCUT2D eigenvalue weighted by Crippen LogP contribution is -2.27. The van der Waals surface area contributed by atoms with Crippen molar-refractivity contribution in [2.75, 3.05) is 20.8 Å². The van der Waals surface area contributed by atoms with Gasteiger partial charge in [0.1, 0.15) is 29.6 Å². The van der Waals surface area contributed by atoms with Crippen molar-refractivity contribution in [1.82, 2.24) is 0 Å². The van der Waals surface area contributed by atoms with Crippen molar-refractivity contribution in [2.45, 2.75) is 13.3 Å². The third-order valence-electron chi connectivity index (χ3n) is 4.47. The zero-order valence-corrected chi connectivity index (χ0v) is 15.9. The minimum Gasteiger partial charge on any atom is -0.497 e. The molecule has 0 amide bonds. The van der Waals surface area contributed by atoms with Crippen molar-refractivity contribution in [3.05, 3.63) is 64.7 Å². The number of carbonyl (C=O) groups excluding carboxylic acids is 3. The Morgan fingerprint density at radius 2 is 1.61 bits per heavy atom. The molecule has 0 saturated carbocycles. The lowest BCUT2D eigenvalue weighted by molar-refractivity contribution is -0.116. The summed E-state index contributed by atoms with van der Waals surface area (Å²) in [4.78, 5) is 38.1. The first-order valence-electron chi connectivity index (χ1n) is 8.71. The quantitative estimate of drug-likeness (QED) is 0.732. The van der Waals surface area contributed by atoms with E-state index in [1.165, 1.54) is 27.2 Å². The zero-order chi connectivity index (χ0) is 20.3. The topological polar surface area (TPSA) is 78.9 Å². The fraction of sp³-hybridized carbons (Fsp3) is 0.227. The lowest BCUT2D eigenvalue weighted by atomic mass is 9.81. The van der Waals surface area contributed by atoms with Gasteiger partial charge in [-0.3, -0.25) is 14.4 Å². The van der Waals surface area contributed by atoms with Crippen molar-refractivity contribution < 1.29 is 28.6 Å². The number of benzene rings is 2. The first kappa shape index (κ1) is 19.4. The van der Waals surface area contributed by atoms with E-state index in [0.29, 0.717) is 11.5 Å². The van der Waals surface area contributed by atoms with E-state index in [2.05, 4.69) is 0 Å². The van der Waals surface area contributed by atoms with Gasteiger partial charge in [0.25, 0.3) is 0 Å². The van der Waals surface area contributed by atoms with Gasteiger partial charge in [0.05, 0.1) is 19.8 Å². The minimum absolute atomic E-state index is 0.119. The molecule has 1 aliphatic carbocycles. The summed E-state index contributed by atoms with van der Waals surface area (Å²) in [5, 5.41) is 0. The third kappa shape index (κ3) is 3.67. The number of hydrogen-bond acceptors (Lipinski definition) is 6. The second-order valence-corrected chi connectivity index (χ2v) is 6.35. The number of allylic oxidation sites excluding steroid dienone is 1. The number of rotatable bonds is 7. The number of para-hydroxylation sites is 1. The van der Waals surface area contributed by atoms with Gasteiger partial charge >= 0.3 is 0 Å². The fourth-order valence-corrected chi connectivity index (χ4v) is 3.13. The van der Waals surface area contributed by atoms with Gasteiger partial charge in [-0.05, 0) is 25.1 Å². The second-order valence-electron chi connectivity index (χ2n) is 6.35. The Bertz CT molecular complexity index is 972. The molecule has 0 aliphatic heterocycles. The van der Waals surface area contributed by atoms with Gasteiger partial charge < -0.3 is 14.2 Å². The molecule has 0 fully saturated rings. The molecule has 0 N–H and O–H groups in total. The maximum Gasteiger partial charge on any atom is 0.197 e. The van der Waals surface area contributed by atoms with E-state index < -0.39 is 5.78 Å². The molecule has 3 rings (SSSR count). The van der Waals surface area contributed by atoms with Crippen LogP contribution in [0.3, 0.4) is 0 Å². The van der Waals surface area contributed by atoms with Crippen LogP contribution in [0, 0.1) is 0 Å². The van der Waals surface area contributed by atoms with E-state index in [1.807, 2.05) is 6.07 Å². The predicted octanol–water partition coefficient (Wildman–Crippen LogP) is 3.44. The molecule has 0 spiro atoms. The molecule has 6 nitrogen and oxygen atoms in total. The van der Waals surface area contributed by atoms with E-state index >= 15 is 0 Å². The van der Waals surface area contributed by atoms with Gasteiger partial charge in [0, 0.05) is 29.2 Å². The smallest absolute Gasteiger partial charge is 0.197 e. The van der Waals surface area contributed by atoms with Crippen LogP contribution in [0.1, 0.15) is 34.1 Å². The maximum absolute atomic E-state index is 13.2. The van der Waals surface area contributed by atoms with Crippen molar-refractivity contribution in [1.29, 1.82) is 0 Å². The number of carbonyl (C=O) groups is 3. The van der Waals surface area contributed by atoms with Gasteiger partial charge in [-0.25, -0.2) is 0 Å². The highest BCUT2D eigenvalue weighted by Crippen LogP contribution is 2.37. The number of ketones is 3. The van der Waals surface area contributed by atoms with Crippen LogP contribution in [0.2, 0.25) is 0 Å². The summed E-state index contributed by atoms with van der Waals surface area (Å²) in [6, 6.07) is 12.0. The third-order valence-corrected chi connectivity index (χ3v) is 4.47. The molecule has 2 aromatic carbocycles. The van der Waals surface area contributed by atoms with Gasteiger partial charge in [-0.15, -0.1) is 0 Å². The summed E-state index contributed by atoms with van der Waals surface area (Å²) in [6.45, 7) is 1.26. The van der Waals surface area contributed by atoms with Crippen LogP contribution in [-0.4, -0.2) is 38.2 Å². The molecule has 0 aromatic heterocycles. The molecule has 1 aliphatic rings. The van der Waals surface area contributed by atoms with Crippen LogP contribution < -0.4 is 14.2 Å². The Morgan fingerprint density at radius 1 is 0.893 bits per heavy atom. The summed E-state index contributed by atoms with van der Waals surface area (Å²) in [6.07, 6.45) is -0.142. The molecule has 6 heteroatoms. The van der Waals surface area contributed by atoms with Crippen molar-refractivity contribution in [3.63, 3.8) is 0 Å². The molecule has 28 heavy (non-hydrogen) atoms. The highest BCUT2D eigenvalue weighted by atomic mass is 16.5. The number of ether oxygens (including phenoxy) is 3. The Morgan fingerprint density at radius 3 is 2.21 bits per heavy atom. The standard InChI is InChI=1S/C22H20O6/c1-13(23)9-16-18(12-28-14-7-5-4-6-8-14)22(25)20-17(21(16)24)10-15(26-2)11-19(20)27-3/h4-8,10-11H,9,12H2,1-3H3. The summed E-state index contributed by atoms with van der Waals surface area (Å²) < 4.78 is 16.2.